The number of nitrogens with zero attached hydrogens (tertiary/aromatic N) is 1. The summed E-state index contributed by atoms with van der Waals surface area (Å²) < 4.78 is 6.08. The first kappa shape index (κ1) is 9.13. The zero-order chi connectivity index (χ0) is 9.60. The third kappa shape index (κ3) is 1.47. The third-order valence-electron chi connectivity index (χ3n) is 4.01. The number of piperidine rings is 1. The van der Waals surface area contributed by atoms with Crippen molar-refractivity contribution in [3.63, 3.8) is 0 Å². The molecule has 80 valence electrons. The monoisotopic (exact) mass is 196 g/mol. The van der Waals surface area contributed by atoms with E-state index in [1.54, 1.807) is 0 Å². The summed E-state index contributed by atoms with van der Waals surface area (Å²) in [6.45, 7) is 3.17. The predicted molar refractivity (Wildman–Crippen MR) is 55.4 cm³/mol. The van der Waals surface area contributed by atoms with Gasteiger partial charge in [0.05, 0.1) is 12.2 Å². The molecule has 3 saturated heterocycles. The highest BCUT2D eigenvalue weighted by atomic mass is 16.5. The number of ether oxygens (including phenoxy) is 1. The van der Waals surface area contributed by atoms with Crippen LogP contribution in [0.4, 0.5) is 0 Å². The number of morpholine rings is 1. The van der Waals surface area contributed by atoms with Gasteiger partial charge in [-0.05, 0) is 32.7 Å². The molecule has 14 heavy (non-hydrogen) atoms. The molecule has 3 aliphatic rings. The molecule has 1 spiro atoms. The van der Waals surface area contributed by atoms with Gasteiger partial charge >= 0.3 is 0 Å². The van der Waals surface area contributed by atoms with Gasteiger partial charge in [0.1, 0.15) is 0 Å². The highest BCUT2D eigenvalue weighted by Gasteiger charge is 2.46. The molecule has 0 amide bonds. The molecular weight excluding hydrogens is 176 g/mol. The summed E-state index contributed by atoms with van der Waals surface area (Å²) in [6.07, 6.45) is 5.18. The maximum atomic E-state index is 6.08. The summed E-state index contributed by atoms with van der Waals surface area (Å²) in [4.78, 5) is 2.42. The Morgan fingerprint density at radius 1 is 1.29 bits per heavy atom. The Balaban J connectivity index is 1.76. The van der Waals surface area contributed by atoms with Crippen LogP contribution in [-0.2, 0) is 4.74 Å². The van der Waals surface area contributed by atoms with Crippen LogP contribution in [0.5, 0.6) is 0 Å². The molecule has 1 N–H and O–H groups in total. The van der Waals surface area contributed by atoms with Crippen LogP contribution in [0, 0.1) is 0 Å². The van der Waals surface area contributed by atoms with E-state index in [1.807, 2.05) is 0 Å². The molecule has 3 heteroatoms. The summed E-state index contributed by atoms with van der Waals surface area (Å²) in [5.74, 6) is 0. The summed E-state index contributed by atoms with van der Waals surface area (Å²) >= 11 is 0. The Hall–Kier alpha value is -0.120. The van der Waals surface area contributed by atoms with Crippen LogP contribution in [0.15, 0.2) is 0 Å². The van der Waals surface area contributed by atoms with Crippen molar-refractivity contribution in [1.29, 1.82) is 0 Å². The Labute approximate surface area is 85.8 Å². The Kier molecular flexibility index (Phi) is 2.08. The second-order valence-electron chi connectivity index (χ2n) is 5.32. The maximum absolute atomic E-state index is 6.08. The van der Waals surface area contributed by atoms with Gasteiger partial charge < -0.3 is 15.0 Å². The van der Waals surface area contributed by atoms with Crippen LogP contribution in [-0.4, -0.2) is 49.3 Å². The van der Waals surface area contributed by atoms with Crippen LogP contribution in [0.1, 0.15) is 25.7 Å². The second-order valence-corrected chi connectivity index (χ2v) is 5.32. The van der Waals surface area contributed by atoms with Crippen molar-refractivity contribution in [2.24, 2.45) is 0 Å². The van der Waals surface area contributed by atoms with Gasteiger partial charge in [0, 0.05) is 25.2 Å². The molecule has 0 aliphatic carbocycles. The predicted octanol–water partition coefficient (Wildman–Crippen LogP) is 0.602. The number of nitrogens with one attached hydrogen (secondary N) is 1. The quantitative estimate of drug-likeness (QED) is 0.614. The van der Waals surface area contributed by atoms with Gasteiger partial charge in [0.2, 0.25) is 0 Å². The largest absolute Gasteiger partial charge is 0.372 e. The average Bonchev–Trinajstić information content (AvgIpc) is 2.46. The molecule has 0 aromatic carbocycles. The van der Waals surface area contributed by atoms with Crippen LogP contribution >= 0.6 is 0 Å². The van der Waals surface area contributed by atoms with Gasteiger partial charge in [-0.2, -0.15) is 0 Å². The lowest BCUT2D eigenvalue weighted by Gasteiger charge is -2.46. The highest BCUT2D eigenvalue weighted by molar-refractivity contribution is 5.03. The molecule has 3 atom stereocenters. The van der Waals surface area contributed by atoms with E-state index in [4.69, 9.17) is 4.74 Å². The molecule has 0 radical (unpaired) electrons. The number of hydrogen-bond acceptors (Lipinski definition) is 3. The van der Waals surface area contributed by atoms with Gasteiger partial charge in [-0.15, -0.1) is 0 Å². The third-order valence-corrected chi connectivity index (χ3v) is 4.01. The van der Waals surface area contributed by atoms with E-state index in [2.05, 4.69) is 17.3 Å². The van der Waals surface area contributed by atoms with Crippen molar-refractivity contribution < 1.29 is 4.74 Å². The van der Waals surface area contributed by atoms with Crippen molar-refractivity contribution in [2.45, 2.75) is 43.4 Å². The van der Waals surface area contributed by atoms with Crippen molar-refractivity contribution in [1.82, 2.24) is 10.2 Å². The number of likely N-dealkylation sites (N-methyl/N-ethyl adjacent to an activating group) is 1. The summed E-state index contributed by atoms with van der Waals surface area (Å²) in [5, 5.41) is 3.68. The fraction of sp³-hybridized carbons (Fsp3) is 1.00. The van der Waals surface area contributed by atoms with Crippen molar-refractivity contribution in [3.05, 3.63) is 0 Å². The zero-order valence-corrected chi connectivity index (χ0v) is 8.96. The number of rotatable bonds is 0. The van der Waals surface area contributed by atoms with E-state index in [-0.39, 0.29) is 5.60 Å². The summed E-state index contributed by atoms with van der Waals surface area (Å²) in [7, 11) is 2.22. The molecule has 0 aromatic rings. The molecule has 1 unspecified atom stereocenters. The molecular formula is C11H20N2O. The standard InChI is InChI=1S/C11H20N2O/c1-13-4-5-14-11(8-13)6-9-2-3-10(7-11)12-9/h9-10,12H,2-8H2,1H3/t9-,10+,11?. The van der Waals surface area contributed by atoms with Gasteiger partial charge in [-0.3, -0.25) is 0 Å². The molecule has 0 aromatic heterocycles. The van der Waals surface area contributed by atoms with Crippen LogP contribution < -0.4 is 5.32 Å². The smallest absolute Gasteiger partial charge is 0.0838 e. The molecule has 3 fully saturated rings. The Morgan fingerprint density at radius 2 is 2.00 bits per heavy atom. The fourth-order valence-electron chi connectivity index (χ4n) is 3.49. The summed E-state index contributed by atoms with van der Waals surface area (Å²) in [5.41, 5.74) is 0.198. The average molecular weight is 196 g/mol. The lowest BCUT2D eigenvalue weighted by atomic mass is 9.86. The highest BCUT2D eigenvalue weighted by Crippen LogP contribution is 2.38. The van der Waals surface area contributed by atoms with Gasteiger partial charge in [-0.1, -0.05) is 0 Å². The molecule has 3 rings (SSSR count). The lowest BCUT2D eigenvalue weighted by molar-refractivity contribution is -0.126. The second kappa shape index (κ2) is 3.19. The van der Waals surface area contributed by atoms with Gasteiger partial charge in [-0.25, -0.2) is 0 Å². The van der Waals surface area contributed by atoms with Crippen LogP contribution in [0.25, 0.3) is 0 Å². The first-order valence-electron chi connectivity index (χ1n) is 5.84. The van der Waals surface area contributed by atoms with Crippen LogP contribution in [0.2, 0.25) is 0 Å². The van der Waals surface area contributed by atoms with E-state index in [0.29, 0.717) is 0 Å². The van der Waals surface area contributed by atoms with Crippen molar-refractivity contribution in [2.75, 3.05) is 26.7 Å². The van der Waals surface area contributed by atoms with E-state index in [9.17, 15) is 0 Å². The van der Waals surface area contributed by atoms with Gasteiger partial charge in [0.25, 0.3) is 0 Å². The lowest BCUT2D eigenvalue weighted by Crippen LogP contribution is -2.58. The molecule has 3 nitrogen and oxygen atoms in total. The molecule has 2 bridgehead atoms. The van der Waals surface area contributed by atoms with E-state index >= 15 is 0 Å². The molecule has 3 aliphatic heterocycles. The van der Waals surface area contributed by atoms with E-state index in [1.165, 1.54) is 25.7 Å². The van der Waals surface area contributed by atoms with Crippen LogP contribution in [0.3, 0.4) is 0 Å². The zero-order valence-electron chi connectivity index (χ0n) is 8.96. The number of fused-ring (bicyclic) bond motifs is 2. The summed E-state index contributed by atoms with van der Waals surface area (Å²) in [6, 6.07) is 1.47. The topological polar surface area (TPSA) is 24.5 Å². The van der Waals surface area contributed by atoms with E-state index in [0.717, 1.165) is 31.8 Å². The first-order chi connectivity index (χ1) is 6.76. The minimum absolute atomic E-state index is 0.198. The first-order valence-corrected chi connectivity index (χ1v) is 5.84. The van der Waals surface area contributed by atoms with Crippen molar-refractivity contribution in [3.8, 4) is 0 Å². The normalized spacial score (nSPS) is 48.6. The Morgan fingerprint density at radius 3 is 2.64 bits per heavy atom. The minimum atomic E-state index is 0.198. The SMILES string of the molecule is CN1CCOC2(C[C@H]3CC[C@@H](C2)N3)C1. The fourth-order valence-corrected chi connectivity index (χ4v) is 3.49. The molecule has 0 saturated carbocycles. The maximum Gasteiger partial charge on any atom is 0.0838 e. The molecule has 3 heterocycles. The van der Waals surface area contributed by atoms with Crippen molar-refractivity contribution >= 4 is 0 Å². The number of hydrogen-bond donors (Lipinski definition) is 1. The minimum Gasteiger partial charge on any atom is -0.372 e. The van der Waals surface area contributed by atoms with Gasteiger partial charge in [0.15, 0.2) is 0 Å². The van der Waals surface area contributed by atoms with E-state index < -0.39 is 0 Å². The Bertz CT molecular complexity index is 219.